The third-order valence-corrected chi connectivity index (χ3v) is 3.84. The molecule has 2 heterocycles. The molecule has 0 amide bonds. The Morgan fingerprint density at radius 1 is 1.00 bits per heavy atom. The van der Waals surface area contributed by atoms with E-state index in [4.69, 9.17) is 0 Å². The lowest BCUT2D eigenvalue weighted by atomic mass is 10.1. The fraction of sp³-hybridized carbons (Fsp3) is 0.111. The highest BCUT2D eigenvalue weighted by atomic mass is 16.1. The van der Waals surface area contributed by atoms with Crippen LogP contribution in [0.5, 0.6) is 0 Å². The van der Waals surface area contributed by atoms with Crippen LogP contribution in [-0.2, 0) is 6.42 Å². The van der Waals surface area contributed by atoms with E-state index >= 15 is 0 Å². The second-order valence-electron chi connectivity index (χ2n) is 5.61. The van der Waals surface area contributed by atoms with Crippen molar-refractivity contribution in [1.82, 2.24) is 19.9 Å². The number of aromatic amines is 1. The quantitative estimate of drug-likeness (QED) is 0.618. The zero-order valence-corrected chi connectivity index (χ0v) is 12.6. The molecule has 112 valence electrons. The number of aryl methyl sites for hydroxylation is 1. The van der Waals surface area contributed by atoms with Gasteiger partial charge in [-0.2, -0.15) is 0 Å². The number of benzene rings is 2. The minimum atomic E-state index is -0.128. The summed E-state index contributed by atoms with van der Waals surface area (Å²) >= 11 is 0. The van der Waals surface area contributed by atoms with Crippen molar-refractivity contribution in [2.45, 2.75) is 13.3 Å². The van der Waals surface area contributed by atoms with Gasteiger partial charge in [0.25, 0.3) is 5.56 Å². The Labute approximate surface area is 132 Å². The van der Waals surface area contributed by atoms with E-state index in [1.165, 1.54) is 6.33 Å². The zero-order chi connectivity index (χ0) is 15.8. The number of H-pyrrole nitrogens is 1. The minimum Gasteiger partial charge on any atom is -0.313 e. The lowest BCUT2D eigenvalue weighted by Crippen LogP contribution is -2.06. The van der Waals surface area contributed by atoms with E-state index in [1.54, 1.807) is 6.20 Å². The van der Waals surface area contributed by atoms with Crippen LogP contribution in [0, 0.1) is 6.92 Å². The van der Waals surface area contributed by atoms with Crippen LogP contribution in [0.3, 0.4) is 0 Å². The van der Waals surface area contributed by atoms with Crippen molar-refractivity contribution in [3.8, 4) is 0 Å². The van der Waals surface area contributed by atoms with Crippen LogP contribution in [-0.4, -0.2) is 19.9 Å². The molecule has 0 spiro atoms. The molecule has 1 N–H and O–H groups in total. The van der Waals surface area contributed by atoms with Gasteiger partial charge in [0.2, 0.25) is 0 Å². The molecule has 0 saturated heterocycles. The summed E-state index contributed by atoms with van der Waals surface area (Å²) in [5.41, 5.74) is 5.39. The monoisotopic (exact) mass is 302 g/mol. The van der Waals surface area contributed by atoms with Crippen molar-refractivity contribution >= 4 is 21.9 Å². The third-order valence-electron chi connectivity index (χ3n) is 3.84. The smallest absolute Gasteiger partial charge is 0.258 e. The van der Waals surface area contributed by atoms with Crippen molar-refractivity contribution in [3.63, 3.8) is 0 Å². The normalized spacial score (nSPS) is 11.2. The molecule has 0 saturated carbocycles. The summed E-state index contributed by atoms with van der Waals surface area (Å²) in [6, 6.07) is 11.7. The Balaban J connectivity index is 1.75. The van der Waals surface area contributed by atoms with Crippen molar-refractivity contribution in [1.29, 1.82) is 0 Å². The van der Waals surface area contributed by atoms with E-state index in [-0.39, 0.29) is 5.56 Å². The fourth-order valence-electron chi connectivity index (χ4n) is 2.68. The highest BCUT2D eigenvalue weighted by Gasteiger charge is 2.05. The van der Waals surface area contributed by atoms with Gasteiger partial charge in [0.05, 0.1) is 34.0 Å². The molecule has 2 aromatic carbocycles. The first-order chi connectivity index (χ1) is 11.2. The van der Waals surface area contributed by atoms with Crippen LogP contribution in [0.25, 0.3) is 21.9 Å². The molecule has 0 bridgehead atoms. The Kier molecular flexibility index (Phi) is 3.12. The molecular formula is C18H14N4O. The van der Waals surface area contributed by atoms with Gasteiger partial charge in [0, 0.05) is 12.6 Å². The fourth-order valence-corrected chi connectivity index (χ4v) is 2.68. The summed E-state index contributed by atoms with van der Waals surface area (Å²) < 4.78 is 0. The Hall–Kier alpha value is -3.08. The van der Waals surface area contributed by atoms with E-state index in [0.29, 0.717) is 17.3 Å². The van der Waals surface area contributed by atoms with Gasteiger partial charge in [-0.05, 0) is 42.3 Å². The van der Waals surface area contributed by atoms with Crippen LogP contribution < -0.4 is 5.56 Å². The Morgan fingerprint density at radius 3 is 2.78 bits per heavy atom. The summed E-state index contributed by atoms with van der Waals surface area (Å²) in [5.74, 6) is 0. The number of rotatable bonds is 2. The molecule has 0 aliphatic heterocycles. The molecule has 0 aliphatic rings. The minimum absolute atomic E-state index is 0.128. The molecule has 4 aromatic rings. The second-order valence-corrected chi connectivity index (χ2v) is 5.61. The van der Waals surface area contributed by atoms with Gasteiger partial charge in [-0.15, -0.1) is 0 Å². The number of nitrogens with one attached hydrogen (secondary N) is 1. The first kappa shape index (κ1) is 13.6. The first-order valence-electron chi connectivity index (χ1n) is 7.38. The Bertz CT molecular complexity index is 1080. The molecule has 5 heteroatoms. The summed E-state index contributed by atoms with van der Waals surface area (Å²) in [7, 11) is 0. The molecule has 5 nitrogen and oxygen atoms in total. The van der Waals surface area contributed by atoms with Crippen LogP contribution in [0.2, 0.25) is 0 Å². The van der Waals surface area contributed by atoms with Crippen LogP contribution in [0.15, 0.2) is 53.7 Å². The maximum Gasteiger partial charge on any atom is 0.258 e. The maximum atomic E-state index is 11.9. The van der Waals surface area contributed by atoms with Crippen molar-refractivity contribution in [2.24, 2.45) is 0 Å². The van der Waals surface area contributed by atoms with E-state index in [1.807, 2.05) is 43.3 Å². The average molecular weight is 302 g/mol. The van der Waals surface area contributed by atoms with E-state index in [2.05, 4.69) is 19.9 Å². The van der Waals surface area contributed by atoms with Gasteiger partial charge in [0.1, 0.15) is 0 Å². The summed E-state index contributed by atoms with van der Waals surface area (Å²) in [5, 5.41) is 0.592. The third kappa shape index (κ3) is 2.57. The lowest BCUT2D eigenvalue weighted by molar-refractivity contribution is 1.07. The molecule has 0 radical (unpaired) electrons. The molecule has 4 rings (SSSR count). The number of aromatic nitrogens is 4. The predicted octanol–water partition coefficient (Wildman–Crippen LogP) is 2.77. The molecular weight excluding hydrogens is 288 g/mol. The topological polar surface area (TPSA) is 71.5 Å². The summed E-state index contributed by atoms with van der Waals surface area (Å²) in [6.07, 6.45) is 3.83. The van der Waals surface area contributed by atoms with Crippen LogP contribution >= 0.6 is 0 Å². The van der Waals surface area contributed by atoms with Crippen molar-refractivity contribution in [3.05, 3.63) is 76.1 Å². The summed E-state index contributed by atoms with van der Waals surface area (Å²) in [4.78, 5) is 27.8. The van der Waals surface area contributed by atoms with Crippen molar-refractivity contribution in [2.75, 3.05) is 0 Å². The zero-order valence-electron chi connectivity index (χ0n) is 12.6. The molecule has 0 unspecified atom stereocenters. The Morgan fingerprint density at radius 2 is 1.87 bits per heavy atom. The van der Waals surface area contributed by atoms with E-state index in [9.17, 15) is 4.79 Å². The predicted molar refractivity (Wildman–Crippen MR) is 89.4 cm³/mol. The van der Waals surface area contributed by atoms with Crippen LogP contribution in [0.1, 0.15) is 16.8 Å². The largest absolute Gasteiger partial charge is 0.313 e. The number of fused-ring (bicyclic) bond motifs is 2. The van der Waals surface area contributed by atoms with E-state index < -0.39 is 0 Å². The van der Waals surface area contributed by atoms with E-state index in [0.717, 1.165) is 27.9 Å². The summed E-state index contributed by atoms with van der Waals surface area (Å²) in [6.45, 7) is 2.04. The first-order valence-corrected chi connectivity index (χ1v) is 7.38. The van der Waals surface area contributed by atoms with Crippen molar-refractivity contribution < 1.29 is 0 Å². The van der Waals surface area contributed by atoms with Gasteiger partial charge in [0.15, 0.2) is 0 Å². The number of hydrogen-bond donors (Lipinski definition) is 1. The molecule has 2 aromatic heterocycles. The molecule has 23 heavy (non-hydrogen) atoms. The highest BCUT2D eigenvalue weighted by Crippen LogP contribution is 2.16. The molecule has 0 atom stereocenters. The molecule has 0 fully saturated rings. The maximum absolute atomic E-state index is 11.9. The van der Waals surface area contributed by atoms with Gasteiger partial charge in [-0.3, -0.25) is 9.78 Å². The van der Waals surface area contributed by atoms with Gasteiger partial charge >= 0.3 is 0 Å². The standard InChI is InChI=1S/C18H14N4O/c1-11-2-4-16-17(6-11)22-13(9-19-16)7-12-3-5-15-14(8-12)18(23)21-10-20-15/h2-6,8-10H,7H2,1H3,(H,20,21,23). The lowest BCUT2D eigenvalue weighted by Gasteiger charge is -2.05. The van der Waals surface area contributed by atoms with Gasteiger partial charge in [-0.25, -0.2) is 9.97 Å². The van der Waals surface area contributed by atoms with Gasteiger partial charge in [-0.1, -0.05) is 12.1 Å². The highest BCUT2D eigenvalue weighted by molar-refractivity contribution is 5.78. The molecule has 0 aliphatic carbocycles. The van der Waals surface area contributed by atoms with Gasteiger partial charge < -0.3 is 4.98 Å². The second kappa shape index (κ2) is 5.28. The van der Waals surface area contributed by atoms with Crippen LogP contribution in [0.4, 0.5) is 0 Å². The SMILES string of the molecule is Cc1ccc2ncc(Cc3ccc4nc[nH]c(=O)c4c3)nc2c1. The number of hydrogen-bond acceptors (Lipinski definition) is 4. The average Bonchev–Trinajstić information content (AvgIpc) is 2.55. The number of nitrogens with zero attached hydrogens (tertiary/aromatic N) is 3.